The number of hydrogen-bond donors (Lipinski definition) is 2. The third kappa shape index (κ3) is 4.30. The van der Waals surface area contributed by atoms with Crippen LogP contribution in [0.15, 0.2) is 82.2 Å². The van der Waals surface area contributed by atoms with E-state index in [1.54, 1.807) is 30.3 Å². The third-order valence-electron chi connectivity index (χ3n) is 5.00. The monoisotopic (exact) mass is 469 g/mol. The molecule has 2 aromatic carbocycles. The maximum atomic E-state index is 12.9. The molecule has 1 unspecified atom stereocenters. The topological polar surface area (TPSA) is 160 Å². The van der Waals surface area contributed by atoms with Crippen LogP contribution in [-0.2, 0) is 29.2 Å². The lowest BCUT2D eigenvalue weighted by Crippen LogP contribution is -2.40. The molecule has 0 bridgehead atoms. The summed E-state index contributed by atoms with van der Waals surface area (Å²) in [5, 5.41) is 9.95. The van der Waals surface area contributed by atoms with Crippen molar-refractivity contribution in [3.63, 3.8) is 0 Å². The Labute approximate surface area is 189 Å². The van der Waals surface area contributed by atoms with E-state index in [1.807, 2.05) is 6.07 Å². The minimum absolute atomic E-state index is 0.0342. The second-order valence-corrected chi connectivity index (χ2v) is 8.23. The first kappa shape index (κ1) is 23.5. The van der Waals surface area contributed by atoms with E-state index in [0.717, 1.165) is 31.3 Å². The molecular formula is C22H19N3O7S. The molecule has 0 radical (unpaired) electrons. The van der Waals surface area contributed by atoms with Gasteiger partial charge in [-0.3, -0.25) is 9.45 Å². The lowest BCUT2D eigenvalue weighted by molar-refractivity contribution is -0.139. The summed E-state index contributed by atoms with van der Waals surface area (Å²) in [6.07, 6.45) is 0. The first-order valence-electron chi connectivity index (χ1n) is 9.38. The number of methoxy groups -OCH3 is 2. The average molecular weight is 469 g/mol. The molecule has 33 heavy (non-hydrogen) atoms. The fourth-order valence-corrected chi connectivity index (χ4v) is 4.03. The molecule has 3 rings (SSSR count). The lowest BCUT2D eigenvalue weighted by Gasteiger charge is -2.35. The van der Waals surface area contributed by atoms with Crippen LogP contribution < -0.4 is 10.6 Å². The van der Waals surface area contributed by atoms with Crippen molar-refractivity contribution in [2.75, 3.05) is 19.1 Å². The fraction of sp³-hybridized carbons (Fsp3) is 0.136. The number of nitrogens with zero attached hydrogens (tertiary/aromatic N) is 2. The van der Waals surface area contributed by atoms with Crippen molar-refractivity contribution in [3.05, 3.63) is 82.8 Å². The Morgan fingerprint density at radius 2 is 1.61 bits per heavy atom. The van der Waals surface area contributed by atoms with E-state index in [4.69, 9.17) is 15.2 Å². The number of hydrogen-bond acceptors (Lipinski definition) is 9. The van der Waals surface area contributed by atoms with Gasteiger partial charge in [0, 0.05) is 5.69 Å². The summed E-state index contributed by atoms with van der Waals surface area (Å²) in [5.74, 6) is -3.01. The Morgan fingerprint density at radius 1 is 1.03 bits per heavy atom. The smallest absolute Gasteiger partial charge is 0.355 e. The molecule has 11 heteroatoms. The molecule has 170 valence electrons. The van der Waals surface area contributed by atoms with E-state index < -0.39 is 32.9 Å². The van der Waals surface area contributed by atoms with E-state index in [1.165, 1.54) is 12.1 Å². The molecule has 0 amide bonds. The summed E-state index contributed by atoms with van der Waals surface area (Å²) in [5.41, 5.74) is 6.47. The van der Waals surface area contributed by atoms with Crippen LogP contribution in [0.2, 0.25) is 0 Å². The highest BCUT2D eigenvalue weighted by molar-refractivity contribution is 7.85. The number of carbonyl (C=O) groups is 2. The Hall–Kier alpha value is -4.14. The van der Waals surface area contributed by atoms with Crippen LogP contribution >= 0.6 is 0 Å². The number of rotatable bonds is 5. The minimum Gasteiger partial charge on any atom is -0.466 e. The Balaban J connectivity index is 2.37. The maximum absolute atomic E-state index is 12.9. The number of ether oxygens (including phenoxy) is 2. The molecular weight excluding hydrogens is 450 g/mol. The molecule has 0 fully saturated rings. The molecule has 2 aromatic rings. The van der Waals surface area contributed by atoms with Gasteiger partial charge in [-0.2, -0.15) is 13.7 Å². The average Bonchev–Trinajstić information content (AvgIpc) is 2.82. The van der Waals surface area contributed by atoms with Gasteiger partial charge in [0.2, 0.25) is 0 Å². The van der Waals surface area contributed by atoms with Gasteiger partial charge in [0.05, 0.1) is 42.2 Å². The van der Waals surface area contributed by atoms with Crippen molar-refractivity contribution in [1.29, 1.82) is 5.26 Å². The number of nitrogens with two attached hydrogens (primary N) is 1. The van der Waals surface area contributed by atoms with Crippen LogP contribution in [0, 0.1) is 11.3 Å². The predicted octanol–water partition coefficient (Wildman–Crippen LogP) is 1.83. The van der Waals surface area contributed by atoms with E-state index in [-0.39, 0.29) is 28.4 Å². The third-order valence-corrected chi connectivity index (χ3v) is 5.87. The van der Waals surface area contributed by atoms with Gasteiger partial charge in [-0.25, -0.2) is 9.59 Å². The zero-order valence-electron chi connectivity index (χ0n) is 17.6. The molecule has 1 heterocycles. The van der Waals surface area contributed by atoms with Crippen LogP contribution in [0.5, 0.6) is 0 Å². The van der Waals surface area contributed by atoms with Gasteiger partial charge >= 0.3 is 11.9 Å². The highest BCUT2D eigenvalue weighted by atomic mass is 32.2. The molecule has 0 saturated carbocycles. The van der Waals surface area contributed by atoms with Crippen LogP contribution in [0.3, 0.4) is 0 Å². The molecule has 0 aromatic heterocycles. The van der Waals surface area contributed by atoms with E-state index in [2.05, 4.69) is 0 Å². The number of esters is 2. The number of benzene rings is 2. The minimum atomic E-state index is -4.48. The normalized spacial score (nSPS) is 16.3. The number of nitriles is 1. The highest BCUT2D eigenvalue weighted by Crippen LogP contribution is 2.43. The molecule has 0 aliphatic carbocycles. The van der Waals surface area contributed by atoms with E-state index >= 15 is 0 Å². The van der Waals surface area contributed by atoms with Gasteiger partial charge in [-0.05, 0) is 29.8 Å². The Bertz CT molecular complexity index is 1310. The Morgan fingerprint density at radius 3 is 2.09 bits per heavy atom. The van der Waals surface area contributed by atoms with E-state index in [0.29, 0.717) is 5.56 Å². The van der Waals surface area contributed by atoms with Crippen LogP contribution in [-0.4, -0.2) is 39.1 Å². The van der Waals surface area contributed by atoms with Crippen LogP contribution in [0.25, 0.3) is 0 Å². The van der Waals surface area contributed by atoms with Crippen molar-refractivity contribution in [3.8, 4) is 6.07 Å². The summed E-state index contributed by atoms with van der Waals surface area (Å²) < 4.78 is 41.9. The van der Waals surface area contributed by atoms with Crippen LogP contribution in [0.1, 0.15) is 11.5 Å². The second kappa shape index (κ2) is 9.15. The lowest BCUT2D eigenvalue weighted by atomic mass is 9.81. The standard InChI is InChI=1S/C22H19N3O7S/c1-31-21(26)18-17(13-6-4-3-5-7-13)16(12-23)20(24)25(19(18)22(27)32-2)14-8-10-15(11-9-14)33(28,29)30/h3-11,17H,24H2,1-2H3,(H,28,29,30). The summed E-state index contributed by atoms with van der Waals surface area (Å²) in [7, 11) is -2.24. The molecule has 1 aliphatic rings. The zero-order chi connectivity index (χ0) is 24.3. The highest BCUT2D eigenvalue weighted by Gasteiger charge is 2.43. The first-order chi connectivity index (χ1) is 15.6. The van der Waals surface area contributed by atoms with E-state index in [9.17, 15) is 27.8 Å². The maximum Gasteiger partial charge on any atom is 0.355 e. The largest absolute Gasteiger partial charge is 0.466 e. The van der Waals surface area contributed by atoms with Gasteiger partial charge in [-0.15, -0.1) is 0 Å². The summed E-state index contributed by atoms with van der Waals surface area (Å²) in [4.78, 5) is 26.5. The molecule has 1 atom stereocenters. The van der Waals surface area contributed by atoms with Gasteiger partial charge in [-0.1, -0.05) is 30.3 Å². The summed E-state index contributed by atoms with van der Waals surface area (Å²) in [6.45, 7) is 0. The van der Waals surface area contributed by atoms with Gasteiger partial charge in [0.1, 0.15) is 11.5 Å². The summed E-state index contributed by atoms with van der Waals surface area (Å²) in [6, 6.07) is 15.2. The predicted molar refractivity (Wildman–Crippen MR) is 116 cm³/mol. The number of allylic oxidation sites excluding steroid dienone is 1. The SMILES string of the molecule is COC(=O)C1=C(C(=O)OC)N(c2ccc(S(=O)(=O)O)cc2)C(N)=C(C#N)C1c1ccccc1. The number of anilines is 1. The quantitative estimate of drug-likeness (QED) is 0.488. The second-order valence-electron chi connectivity index (χ2n) is 6.80. The first-order valence-corrected chi connectivity index (χ1v) is 10.8. The van der Waals surface area contributed by atoms with Gasteiger partial charge in [0.25, 0.3) is 10.1 Å². The zero-order valence-corrected chi connectivity index (χ0v) is 18.4. The molecule has 1 aliphatic heterocycles. The van der Waals surface area contributed by atoms with Crippen LogP contribution in [0.4, 0.5) is 5.69 Å². The van der Waals surface area contributed by atoms with Crippen molar-refractivity contribution in [2.45, 2.75) is 10.8 Å². The molecule has 3 N–H and O–H groups in total. The fourth-order valence-electron chi connectivity index (χ4n) is 3.55. The number of carbonyl (C=O) groups excluding carboxylic acids is 2. The van der Waals surface area contributed by atoms with Crippen molar-refractivity contribution >= 4 is 27.7 Å². The van der Waals surface area contributed by atoms with Crippen molar-refractivity contribution in [2.24, 2.45) is 5.73 Å². The molecule has 0 spiro atoms. The van der Waals surface area contributed by atoms with Gasteiger partial charge in [0.15, 0.2) is 0 Å². The molecule has 10 nitrogen and oxygen atoms in total. The Kier molecular flexibility index (Phi) is 6.52. The summed E-state index contributed by atoms with van der Waals surface area (Å²) >= 11 is 0. The van der Waals surface area contributed by atoms with Gasteiger partial charge < -0.3 is 15.2 Å². The molecule has 0 saturated heterocycles. The van der Waals surface area contributed by atoms with Crippen molar-refractivity contribution < 1.29 is 32.0 Å². The van der Waals surface area contributed by atoms with Crippen molar-refractivity contribution in [1.82, 2.24) is 0 Å².